The Balaban J connectivity index is 1.55. The zero-order valence-corrected chi connectivity index (χ0v) is 17.6. The third-order valence-corrected chi connectivity index (χ3v) is 7.96. The summed E-state index contributed by atoms with van der Waals surface area (Å²) in [6.45, 7) is 7.02. The van der Waals surface area contributed by atoms with Gasteiger partial charge in [-0.3, -0.25) is 10.1 Å². The fourth-order valence-corrected chi connectivity index (χ4v) is 5.60. The molecule has 1 heterocycles. The van der Waals surface area contributed by atoms with Gasteiger partial charge in [0.2, 0.25) is 0 Å². The summed E-state index contributed by atoms with van der Waals surface area (Å²) in [4.78, 5) is 12.9. The van der Waals surface area contributed by atoms with Crippen LogP contribution in [0.25, 0.3) is 6.08 Å². The van der Waals surface area contributed by atoms with E-state index in [1.807, 2.05) is 30.3 Å². The lowest BCUT2D eigenvalue weighted by molar-refractivity contribution is -0.115. The number of hydrogen-bond donors (Lipinski definition) is 1. The molecule has 2 saturated carbocycles. The van der Waals surface area contributed by atoms with E-state index in [2.05, 4.69) is 52.2 Å². The van der Waals surface area contributed by atoms with E-state index >= 15 is 0 Å². The number of hydrogen-bond acceptors (Lipinski definition) is 4. The first-order valence-corrected chi connectivity index (χ1v) is 10.5. The summed E-state index contributed by atoms with van der Waals surface area (Å²) in [5.41, 5.74) is 2.57. The van der Waals surface area contributed by atoms with Crippen molar-refractivity contribution in [2.45, 2.75) is 40.0 Å². The van der Waals surface area contributed by atoms with E-state index in [1.165, 1.54) is 30.3 Å². The average molecular weight is 432 g/mol. The molecular formula is C20H22BrN3OS. The molecule has 0 radical (unpaired) electrons. The molecule has 2 bridgehead atoms. The maximum absolute atomic E-state index is 12.2. The van der Waals surface area contributed by atoms with E-state index in [4.69, 9.17) is 0 Å². The molecule has 1 aromatic carbocycles. The summed E-state index contributed by atoms with van der Waals surface area (Å²) in [6, 6.07) is 7.87. The number of fused-ring (bicyclic) bond motifs is 2. The molecule has 4 rings (SSSR count). The van der Waals surface area contributed by atoms with Gasteiger partial charge in [-0.15, -0.1) is 5.10 Å². The average Bonchev–Trinajstić information content (AvgIpc) is 3.10. The van der Waals surface area contributed by atoms with E-state index in [9.17, 15) is 4.79 Å². The van der Waals surface area contributed by atoms with Crippen molar-refractivity contribution in [3.8, 4) is 0 Å². The first-order chi connectivity index (χ1) is 12.3. The van der Waals surface area contributed by atoms with Crippen LogP contribution >= 0.6 is 27.7 Å². The highest BCUT2D eigenvalue weighted by Crippen LogP contribution is 2.64. The van der Waals surface area contributed by atoms with Gasteiger partial charge in [-0.1, -0.05) is 48.8 Å². The summed E-state index contributed by atoms with van der Waals surface area (Å²) in [6.07, 6.45) is 5.37. The van der Waals surface area contributed by atoms with Gasteiger partial charge in [0.1, 0.15) is 0 Å². The number of rotatable bonds is 2. The Bertz CT molecular complexity index is 874. The van der Waals surface area contributed by atoms with Gasteiger partial charge in [-0.25, -0.2) is 0 Å². The van der Waals surface area contributed by atoms with Crippen molar-refractivity contribution in [1.29, 1.82) is 0 Å². The van der Waals surface area contributed by atoms with Crippen LogP contribution in [0.3, 0.4) is 0 Å². The molecule has 136 valence electrons. The number of halogens is 1. The highest BCUT2D eigenvalue weighted by molar-refractivity contribution is 9.10. The molecule has 2 unspecified atom stereocenters. The quantitative estimate of drug-likeness (QED) is 0.515. The highest BCUT2D eigenvalue weighted by Gasteiger charge is 2.60. The van der Waals surface area contributed by atoms with Crippen LogP contribution < -0.4 is 5.32 Å². The number of carbonyl (C=O) groups is 1. The van der Waals surface area contributed by atoms with E-state index in [-0.39, 0.29) is 16.7 Å². The molecule has 1 aromatic rings. The van der Waals surface area contributed by atoms with Crippen LogP contribution in [0.1, 0.15) is 45.6 Å². The van der Waals surface area contributed by atoms with Crippen LogP contribution in [0, 0.1) is 16.7 Å². The third kappa shape index (κ3) is 2.87. The van der Waals surface area contributed by atoms with Crippen molar-refractivity contribution in [2.75, 3.05) is 0 Å². The van der Waals surface area contributed by atoms with Gasteiger partial charge in [0.15, 0.2) is 5.17 Å². The molecule has 2 atom stereocenters. The molecule has 1 saturated heterocycles. The number of amidine groups is 1. The molecule has 1 aliphatic heterocycles. The molecule has 3 fully saturated rings. The molecule has 4 nitrogen and oxygen atoms in total. The Hall–Kier alpha value is -1.40. The Labute approximate surface area is 166 Å². The van der Waals surface area contributed by atoms with Crippen molar-refractivity contribution in [3.05, 3.63) is 39.2 Å². The van der Waals surface area contributed by atoms with Crippen LogP contribution in [-0.2, 0) is 4.79 Å². The number of thioether (sulfide) groups is 1. The summed E-state index contributed by atoms with van der Waals surface area (Å²) < 4.78 is 0.989. The smallest absolute Gasteiger partial charge is 0.264 e. The van der Waals surface area contributed by atoms with Crippen LogP contribution in [0.4, 0.5) is 0 Å². The summed E-state index contributed by atoms with van der Waals surface area (Å²) in [5, 5.41) is 12.3. The minimum atomic E-state index is -0.117. The topological polar surface area (TPSA) is 53.8 Å². The minimum Gasteiger partial charge on any atom is -0.299 e. The highest BCUT2D eigenvalue weighted by atomic mass is 79.9. The molecule has 0 spiro atoms. The Morgan fingerprint density at radius 3 is 2.77 bits per heavy atom. The standard InChI is InChI=1S/C20H22BrN3OS/c1-19(2)13-7-8-20(19,3)16(11-13)23-24-18-22-17(25)15(26-18)10-12-5-4-6-14(21)9-12/h4-6,9-10,13H,7-8,11H2,1-3H3,(H,22,24,25)/b15-10+,23-16-. The monoisotopic (exact) mass is 431 g/mol. The van der Waals surface area contributed by atoms with Crippen molar-refractivity contribution >= 4 is 50.6 Å². The molecule has 1 N–H and O–H groups in total. The van der Waals surface area contributed by atoms with Crippen molar-refractivity contribution in [2.24, 2.45) is 27.0 Å². The van der Waals surface area contributed by atoms with Crippen molar-refractivity contribution in [3.63, 3.8) is 0 Å². The van der Waals surface area contributed by atoms with Gasteiger partial charge in [-0.2, -0.15) is 5.10 Å². The first-order valence-electron chi connectivity index (χ1n) is 8.91. The largest absolute Gasteiger partial charge is 0.299 e. The van der Waals surface area contributed by atoms with Gasteiger partial charge in [-0.05, 0) is 66.1 Å². The lowest BCUT2D eigenvalue weighted by Gasteiger charge is -2.34. The number of nitrogens with zero attached hydrogens (tertiary/aromatic N) is 2. The van der Waals surface area contributed by atoms with Crippen LogP contribution in [0.5, 0.6) is 0 Å². The molecule has 6 heteroatoms. The Morgan fingerprint density at radius 1 is 1.31 bits per heavy atom. The summed E-state index contributed by atoms with van der Waals surface area (Å²) in [7, 11) is 0. The normalized spacial score (nSPS) is 34.2. The predicted molar refractivity (Wildman–Crippen MR) is 112 cm³/mol. The zero-order valence-electron chi connectivity index (χ0n) is 15.2. The van der Waals surface area contributed by atoms with Crippen LogP contribution in [0.15, 0.2) is 43.8 Å². The lowest BCUT2D eigenvalue weighted by atomic mass is 9.70. The van der Waals surface area contributed by atoms with Crippen molar-refractivity contribution < 1.29 is 4.79 Å². The van der Waals surface area contributed by atoms with E-state index in [1.54, 1.807) is 0 Å². The number of benzene rings is 1. The second-order valence-electron chi connectivity index (χ2n) is 8.07. The fraction of sp³-hybridized carbons (Fsp3) is 0.450. The summed E-state index contributed by atoms with van der Waals surface area (Å²) in [5.74, 6) is 0.581. The lowest BCUT2D eigenvalue weighted by Crippen LogP contribution is -2.32. The first kappa shape index (κ1) is 18.0. The second kappa shape index (κ2) is 6.34. The molecule has 0 aromatic heterocycles. The van der Waals surface area contributed by atoms with E-state index in [0.717, 1.165) is 16.5 Å². The van der Waals surface area contributed by atoms with Gasteiger partial charge in [0.05, 0.1) is 4.91 Å². The zero-order chi connectivity index (χ0) is 18.5. The van der Waals surface area contributed by atoms with Gasteiger partial charge in [0.25, 0.3) is 5.91 Å². The van der Waals surface area contributed by atoms with E-state index < -0.39 is 0 Å². The van der Waals surface area contributed by atoms with Gasteiger partial charge in [0, 0.05) is 15.6 Å². The third-order valence-electron chi connectivity index (χ3n) is 6.57. The van der Waals surface area contributed by atoms with Crippen LogP contribution in [0.2, 0.25) is 0 Å². The molecule has 26 heavy (non-hydrogen) atoms. The number of carbonyl (C=O) groups excluding carboxylic acids is 1. The maximum atomic E-state index is 12.2. The Morgan fingerprint density at radius 2 is 2.12 bits per heavy atom. The molecule has 1 amide bonds. The summed E-state index contributed by atoms with van der Waals surface area (Å²) >= 11 is 4.80. The molecular weight excluding hydrogens is 410 g/mol. The SMILES string of the molecule is CC12CCC(C/C1=N/N=C1\NC(=O)/C(=C\c3cccc(Br)c3)S1)C2(C)C. The van der Waals surface area contributed by atoms with Gasteiger partial charge >= 0.3 is 0 Å². The Kier molecular flexibility index (Phi) is 4.39. The number of amides is 1. The van der Waals surface area contributed by atoms with Crippen LogP contribution in [-0.4, -0.2) is 16.8 Å². The second-order valence-corrected chi connectivity index (χ2v) is 10.0. The fourth-order valence-electron chi connectivity index (χ4n) is 4.41. The molecule has 2 aliphatic carbocycles. The van der Waals surface area contributed by atoms with E-state index in [0.29, 0.717) is 16.0 Å². The van der Waals surface area contributed by atoms with Crippen molar-refractivity contribution in [1.82, 2.24) is 5.32 Å². The number of nitrogens with one attached hydrogen (secondary N) is 1. The predicted octanol–water partition coefficient (Wildman–Crippen LogP) is 5.21. The van der Waals surface area contributed by atoms with Gasteiger partial charge < -0.3 is 0 Å². The molecule has 3 aliphatic rings. The minimum absolute atomic E-state index is 0.117. The maximum Gasteiger partial charge on any atom is 0.264 e.